The van der Waals surface area contributed by atoms with Crippen molar-refractivity contribution in [1.82, 2.24) is 10.3 Å². The van der Waals surface area contributed by atoms with Gasteiger partial charge in [0.2, 0.25) is 5.91 Å². The van der Waals surface area contributed by atoms with Gasteiger partial charge in [-0.3, -0.25) is 19.3 Å². The van der Waals surface area contributed by atoms with Crippen molar-refractivity contribution in [2.75, 3.05) is 16.8 Å². The monoisotopic (exact) mass is 453 g/mol. The fourth-order valence-corrected chi connectivity index (χ4v) is 4.33. The zero-order valence-corrected chi connectivity index (χ0v) is 18.2. The number of anilines is 2. The Morgan fingerprint density at radius 3 is 2.41 bits per heavy atom. The molecule has 0 aliphatic carbocycles. The predicted octanol–water partition coefficient (Wildman–Crippen LogP) is 2.95. The second-order valence-corrected chi connectivity index (χ2v) is 8.16. The molecule has 3 amide bonds. The molecule has 0 bridgehead atoms. The third-order valence-electron chi connectivity index (χ3n) is 5.91. The standard InChI is InChI=1S/C26H23N5O3/c27-22(32)15-31-21-13-7-6-12-19(21)29-23(16-8-2-1-3-9-16)24(26(31)34)30-25(33)20-14-17-10-4-5-11-18(17)28-20/h1-14,23-24,28-29H,15H2,(H2,27,32)(H,30,33)/t23-,24-/m0/s1. The quantitative estimate of drug-likeness (QED) is 0.371. The number of nitrogens with zero attached hydrogens (tertiary/aromatic N) is 1. The van der Waals surface area contributed by atoms with Gasteiger partial charge < -0.3 is 21.4 Å². The van der Waals surface area contributed by atoms with E-state index in [0.29, 0.717) is 17.1 Å². The molecule has 1 aliphatic rings. The molecule has 4 aromatic rings. The summed E-state index contributed by atoms with van der Waals surface area (Å²) in [4.78, 5) is 43.4. The first-order valence-electron chi connectivity index (χ1n) is 10.9. The first-order valence-corrected chi connectivity index (χ1v) is 10.9. The predicted molar refractivity (Wildman–Crippen MR) is 130 cm³/mol. The van der Waals surface area contributed by atoms with E-state index in [0.717, 1.165) is 16.5 Å². The van der Waals surface area contributed by atoms with Crippen molar-refractivity contribution in [2.24, 2.45) is 5.73 Å². The average Bonchev–Trinajstić information content (AvgIpc) is 3.25. The maximum Gasteiger partial charge on any atom is 0.268 e. The first-order chi connectivity index (χ1) is 16.5. The van der Waals surface area contributed by atoms with Crippen molar-refractivity contribution in [1.29, 1.82) is 0 Å². The van der Waals surface area contributed by atoms with Crippen LogP contribution in [-0.4, -0.2) is 35.3 Å². The van der Waals surface area contributed by atoms with Crippen LogP contribution in [-0.2, 0) is 9.59 Å². The molecule has 0 spiro atoms. The highest BCUT2D eigenvalue weighted by Crippen LogP contribution is 2.35. The molecular formula is C26H23N5O3. The lowest BCUT2D eigenvalue weighted by molar-refractivity contribution is -0.123. The largest absolute Gasteiger partial charge is 0.374 e. The minimum Gasteiger partial charge on any atom is -0.374 e. The van der Waals surface area contributed by atoms with Gasteiger partial charge in [0.25, 0.3) is 11.8 Å². The Morgan fingerprint density at radius 1 is 0.941 bits per heavy atom. The Labute approximate surface area is 195 Å². The SMILES string of the molecule is NC(=O)CN1C(=O)[C@@H](NC(=O)c2cc3ccccc3[nH]2)[C@H](c2ccccc2)Nc2ccccc21. The second kappa shape index (κ2) is 8.74. The van der Waals surface area contributed by atoms with Gasteiger partial charge in [-0.2, -0.15) is 0 Å². The molecular weight excluding hydrogens is 430 g/mol. The van der Waals surface area contributed by atoms with Crippen LogP contribution in [0.1, 0.15) is 22.1 Å². The maximum absolute atomic E-state index is 13.8. The highest BCUT2D eigenvalue weighted by atomic mass is 16.2. The molecule has 0 saturated heterocycles. The summed E-state index contributed by atoms with van der Waals surface area (Å²) in [6, 6.07) is 24.3. The van der Waals surface area contributed by atoms with Crippen LogP contribution in [0.4, 0.5) is 11.4 Å². The topological polar surface area (TPSA) is 120 Å². The van der Waals surface area contributed by atoms with E-state index in [1.54, 1.807) is 18.2 Å². The van der Waals surface area contributed by atoms with Gasteiger partial charge in [-0.15, -0.1) is 0 Å². The van der Waals surface area contributed by atoms with E-state index >= 15 is 0 Å². The number of fused-ring (bicyclic) bond motifs is 2. The van der Waals surface area contributed by atoms with Crippen LogP contribution in [0.3, 0.4) is 0 Å². The molecule has 8 heteroatoms. The van der Waals surface area contributed by atoms with Gasteiger partial charge in [-0.1, -0.05) is 60.7 Å². The van der Waals surface area contributed by atoms with Crippen LogP contribution in [0.15, 0.2) is 84.9 Å². The van der Waals surface area contributed by atoms with E-state index < -0.39 is 29.8 Å². The third kappa shape index (κ3) is 3.97. The van der Waals surface area contributed by atoms with Gasteiger partial charge in [0.15, 0.2) is 0 Å². The lowest BCUT2D eigenvalue weighted by Gasteiger charge is -2.28. The number of nitrogens with two attached hydrogens (primary N) is 1. The number of para-hydroxylation sites is 3. The van der Waals surface area contributed by atoms with Crippen LogP contribution < -0.4 is 21.3 Å². The van der Waals surface area contributed by atoms with Gasteiger partial charge in [0.05, 0.1) is 17.4 Å². The lowest BCUT2D eigenvalue weighted by atomic mass is 9.98. The molecule has 0 unspecified atom stereocenters. The van der Waals surface area contributed by atoms with Crippen LogP contribution in [0.2, 0.25) is 0 Å². The zero-order valence-electron chi connectivity index (χ0n) is 18.2. The number of aromatic nitrogens is 1. The van der Waals surface area contributed by atoms with E-state index in [9.17, 15) is 14.4 Å². The Kier molecular flexibility index (Phi) is 5.47. The molecule has 8 nitrogen and oxygen atoms in total. The fraction of sp³-hybridized carbons (Fsp3) is 0.115. The third-order valence-corrected chi connectivity index (χ3v) is 5.91. The summed E-state index contributed by atoms with van der Waals surface area (Å²) >= 11 is 0. The van der Waals surface area contributed by atoms with Crippen LogP contribution in [0.25, 0.3) is 10.9 Å². The summed E-state index contributed by atoms with van der Waals surface area (Å²) < 4.78 is 0. The number of hydrogen-bond acceptors (Lipinski definition) is 4. The fourth-order valence-electron chi connectivity index (χ4n) is 4.33. The number of nitrogens with one attached hydrogen (secondary N) is 3. The van der Waals surface area contributed by atoms with E-state index in [4.69, 9.17) is 5.73 Å². The van der Waals surface area contributed by atoms with Crippen molar-refractivity contribution in [3.63, 3.8) is 0 Å². The Bertz CT molecular complexity index is 1350. The molecule has 2 atom stereocenters. The minimum atomic E-state index is -1.01. The van der Waals surface area contributed by atoms with Crippen molar-refractivity contribution >= 4 is 40.0 Å². The molecule has 5 rings (SSSR count). The zero-order chi connectivity index (χ0) is 23.7. The van der Waals surface area contributed by atoms with Crippen molar-refractivity contribution in [3.05, 3.63) is 96.2 Å². The molecule has 0 fully saturated rings. The van der Waals surface area contributed by atoms with Crippen molar-refractivity contribution in [3.8, 4) is 0 Å². The number of aromatic amines is 1. The van der Waals surface area contributed by atoms with Gasteiger partial charge in [0.1, 0.15) is 18.3 Å². The summed E-state index contributed by atoms with van der Waals surface area (Å²) in [5.74, 6) is -1.51. The smallest absolute Gasteiger partial charge is 0.268 e. The number of rotatable bonds is 5. The molecule has 5 N–H and O–H groups in total. The van der Waals surface area contributed by atoms with Crippen LogP contribution in [0.5, 0.6) is 0 Å². The number of benzene rings is 3. The van der Waals surface area contributed by atoms with E-state index in [1.807, 2.05) is 66.7 Å². The molecule has 3 aromatic carbocycles. The lowest BCUT2D eigenvalue weighted by Crippen LogP contribution is -2.53. The van der Waals surface area contributed by atoms with E-state index in [2.05, 4.69) is 15.6 Å². The molecule has 1 aliphatic heterocycles. The number of hydrogen-bond donors (Lipinski definition) is 4. The van der Waals surface area contributed by atoms with Crippen LogP contribution >= 0.6 is 0 Å². The summed E-state index contributed by atoms with van der Waals surface area (Å²) in [6.07, 6.45) is 0. The van der Waals surface area contributed by atoms with Crippen molar-refractivity contribution < 1.29 is 14.4 Å². The molecule has 34 heavy (non-hydrogen) atoms. The second-order valence-electron chi connectivity index (χ2n) is 8.16. The average molecular weight is 454 g/mol. The minimum absolute atomic E-state index is 0.308. The molecule has 2 heterocycles. The first kappa shape index (κ1) is 21.3. The summed E-state index contributed by atoms with van der Waals surface area (Å²) in [5, 5.41) is 7.19. The molecule has 1 aromatic heterocycles. The highest BCUT2D eigenvalue weighted by Gasteiger charge is 2.39. The normalized spacial score (nSPS) is 17.5. The Morgan fingerprint density at radius 2 is 1.65 bits per heavy atom. The highest BCUT2D eigenvalue weighted by molar-refractivity contribution is 6.08. The van der Waals surface area contributed by atoms with Gasteiger partial charge in [-0.05, 0) is 29.8 Å². The van der Waals surface area contributed by atoms with Crippen LogP contribution in [0, 0.1) is 0 Å². The molecule has 170 valence electrons. The van der Waals surface area contributed by atoms with Gasteiger partial charge >= 0.3 is 0 Å². The number of H-pyrrole nitrogens is 1. The summed E-state index contributed by atoms with van der Waals surface area (Å²) in [7, 11) is 0. The number of amides is 3. The Balaban J connectivity index is 1.57. The van der Waals surface area contributed by atoms with Crippen molar-refractivity contribution in [2.45, 2.75) is 12.1 Å². The molecule has 0 radical (unpaired) electrons. The number of primary amides is 1. The van der Waals surface area contributed by atoms with E-state index in [-0.39, 0.29) is 6.54 Å². The maximum atomic E-state index is 13.8. The molecule has 0 saturated carbocycles. The van der Waals surface area contributed by atoms with E-state index in [1.165, 1.54) is 4.90 Å². The van der Waals surface area contributed by atoms with Gasteiger partial charge in [0, 0.05) is 10.9 Å². The number of carbonyl (C=O) groups excluding carboxylic acids is 3. The van der Waals surface area contributed by atoms with Gasteiger partial charge in [-0.25, -0.2) is 0 Å². The number of carbonyl (C=O) groups is 3. The summed E-state index contributed by atoms with van der Waals surface area (Å²) in [6.45, 7) is -0.308. The Hall–Kier alpha value is -4.59. The summed E-state index contributed by atoms with van der Waals surface area (Å²) in [5.41, 5.74) is 8.63.